The molecule has 0 aromatic carbocycles. The summed E-state index contributed by atoms with van der Waals surface area (Å²) in [6, 6.07) is 0. The van der Waals surface area contributed by atoms with Crippen LogP contribution in [0.1, 0.15) is 162 Å². The van der Waals surface area contributed by atoms with Crippen molar-refractivity contribution in [1.82, 2.24) is 0 Å². The molecule has 0 amide bonds. The fourth-order valence-electron chi connectivity index (χ4n) is 4.58. The van der Waals surface area contributed by atoms with Gasteiger partial charge in [-0.25, -0.2) is 4.57 Å². The second-order valence-corrected chi connectivity index (χ2v) is 12.7. The first-order chi connectivity index (χ1) is 20.8. The second-order valence-electron chi connectivity index (χ2n) is 11.5. The Bertz CT molecular complexity index is 761. The maximum Gasteiger partial charge on any atom is 0.469 e. The first-order valence-electron chi connectivity index (χ1n) is 17.1. The Balaban J connectivity index is 4.02. The standard InChI is InChI=1S/C34H63O8P/c1-3-5-7-9-11-13-15-16-17-19-20-22-24-26-28-33(35)40-30-32(31-41-43(37,38)39)42-34(36)29-27-25-23-21-18-14-12-10-8-6-4-2/h10,12,15-16,32H,3-9,11,13-14,17-31H2,1-2H3,(H2,37,38,39)/b12-10-,16-15-/t32-/m1/s1. The highest BCUT2D eigenvalue weighted by Crippen LogP contribution is 2.35. The summed E-state index contributed by atoms with van der Waals surface area (Å²) >= 11 is 0. The zero-order chi connectivity index (χ0) is 31.9. The summed E-state index contributed by atoms with van der Waals surface area (Å²) in [5.41, 5.74) is 0. The molecule has 0 rings (SSSR count). The van der Waals surface area contributed by atoms with Crippen LogP contribution in [0.25, 0.3) is 0 Å². The Hall–Kier alpha value is -1.47. The summed E-state index contributed by atoms with van der Waals surface area (Å²) in [4.78, 5) is 42.5. The van der Waals surface area contributed by atoms with Gasteiger partial charge in [0.25, 0.3) is 0 Å². The number of rotatable bonds is 31. The van der Waals surface area contributed by atoms with Crippen LogP contribution in [-0.4, -0.2) is 41.0 Å². The van der Waals surface area contributed by atoms with Gasteiger partial charge < -0.3 is 19.3 Å². The van der Waals surface area contributed by atoms with Gasteiger partial charge in [0.05, 0.1) is 6.61 Å². The van der Waals surface area contributed by atoms with Crippen LogP contribution in [0, 0.1) is 0 Å². The molecule has 1 atom stereocenters. The summed E-state index contributed by atoms with van der Waals surface area (Å²) in [5.74, 6) is -0.907. The minimum atomic E-state index is -4.74. The fourth-order valence-corrected chi connectivity index (χ4v) is 4.94. The molecule has 0 aromatic heterocycles. The summed E-state index contributed by atoms with van der Waals surface area (Å²) in [6.07, 6.45) is 31.9. The summed E-state index contributed by atoms with van der Waals surface area (Å²) < 4.78 is 26.2. The van der Waals surface area contributed by atoms with Gasteiger partial charge in [-0.2, -0.15) is 0 Å². The van der Waals surface area contributed by atoms with Gasteiger partial charge in [-0.3, -0.25) is 14.1 Å². The second kappa shape index (κ2) is 30.6. The molecule has 0 unspecified atom stereocenters. The molecule has 0 spiro atoms. The number of carbonyl (C=O) groups excluding carboxylic acids is 2. The van der Waals surface area contributed by atoms with Gasteiger partial charge in [0, 0.05) is 12.8 Å². The molecule has 0 aromatic rings. The van der Waals surface area contributed by atoms with Gasteiger partial charge in [0.2, 0.25) is 0 Å². The lowest BCUT2D eigenvalue weighted by Crippen LogP contribution is -2.29. The number of allylic oxidation sites excluding steroid dienone is 4. The number of carbonyl (C=O) groups is 2. The van der Waals surface area contributed by atoms with Crippen LogP contribution in [-0.2, 0) is 28.2 Å². The number of esters is 2. The van der Waals surface area contributed by atoms with Crippen molar-refractivity contribution in [2.24, 2.45) is 0 Å². The van der Waals surface area contributed by atoms with E-state index in [-0.39, 0.29) is 19.4 Å². The topological polar surface area (TPSA) is 119 Å². The molecular weight excluding hydrogens is 567 g/mol. The SMILES string of the molecule is CCCC/C=C\CCCCCCCC(=O)O[C@H](COC(=O)CCCCCCC/C=C\CCCCCCC)COP(=O)(O)O. The predicted octanol–water partition coefficient (Wildman–Crippen LogP) is 9.68. The summed E-state index contributed by atoms with van der Waals surface area (Å²) in [7, 11) is -4.74. The highest BCUT2D eigenvalue weighted by Gasteiger charge is 2.22. The van der Waals surface area contributed by atoms with Gasteiger partial charge in [-0.05, 0) is 57.8 Å². The Morgan fingerprint density at radius 2 is 1.00 bits per heavy atom. The number of hydrogen-bond acceptors (Lipinski definition) is 6. The van der Waals surface area contributed by atoms with Crippen LogP contribution in [0.15, 0.2) is 24.3 Å². The van der Waals surface area contributed by atoms with Crippen molar-refractivity contribution < 1.29 is 37.9 Å². The Kier molecular flexibility index (Phi) is 29.5. The van der Waals surface area contributed by atoms with Crippen molar-refractivity contribution in [3.05, 3.63) is 24.3 Å². The van der Waals surface area contributed by atoms with Crippen LogP contribution in [0.3, 0.4) is 0 Å². The average molecular weight is 631 g/mol. The molecule has 0 radical (unpaired) electrons. The van der Waals surface area contributed by atoms with E-state index in [1.807, 2.05) is 0 Å². The maximum atomic E-state index is 12.3. The molecule has 0 saturated heterocycles. The van der Waals surface area contributed by atoms with Crippen LogP contribution in [0.5, 0.6) is 0 Å². The van der Waals surface area contributed by atoms with E-state index in [1.54, 1.807) is 0 Å². The first kappa shape index (κ1) is 41.5. The lowest BCUT2D eigenvalue weighted by Gasteiger charge is -2.18. The Morgan fingerprint density at radius 3 is 1.49 bits per heavy atom. The smallest absolute Gasteiger partial charge is 0.462 e. The van der Waals surface area contributed by atoms with Crippen molar-refractivity contribution in [2.75, 3.05) is 13.2 Å². The number of hydrogen-bond donors (Lipinski definition) is 2. The van der Waals surface area contributed by atoms with E-state index in [2.05, 4.69) is 42.7 Å². The molecular formula is C34H63O8P. The number of unbranched alkanes of at least 4 members (excludes halogenated alkanes) is 17. The first-order valence-corrected chi connectivity index (χ1v) is 18.7. The molecule has 9 heteroatoms. The number of ether oxygens (including phenoxy) is 2. The van der Waals surface area contributed by atoms with Crippen LogP contribution in [0.2, 0.25) is 0 Å². The molecule has 2 N–H and O–H groups in total. The van der Waals surface area contributed by atoms with E-state index in [9.17, 15) is 14.2 Å². The highest BCUT2D eigenvalue weighted by atomic mass is 31.2. The Labute approximate surface area is 262 Å². The van der Waals surface area contributed by atoms with E-state index in [1.165, 1.54) is 51.4 Å². The number of phosphoric ester groups is 1. The molecule has 0 fully saturated rings. The quantitative estimate of drug-likeness (QED) is 0.0336. The zero-order valence-electron chi connectivity index (χ0n) is 27.4. The fraction of sp³-hybridized carbons (Fsp3) is 0.824. The van der Waals surface area contributed by atoms with Crippen LogP contribution < -0.4 is 0 Å². The predicted molar refractivity (Wildman–Crippen MR) is 175 cm³/mol. The molecule has 0 aliphatic rings. The zero-order valence-corrected chi connectivity index (χ0v) is 28.2. The van der Waals surface area contributed by atoms with E-state index < -0.39 is 32.5 Å². The molecule has 0 aliphatic carbocycles. The van der Waals surface area contributed by atoms with Crippen molar-refractivity contribution in [3.8, 4) is 0 Å². The molecule has 0 saturated carbocycles. The van der Waals surface area contributed by atoms with Crippen molar-refractivity contribution in [1.29, 1.82) is 0 Å². The largest absolute Gasteiger partial charge is 0.469 e. The molecule has 252 valence electrons. The minimum Gasteiger partial charge on any atom is -0.462 e. The van der Waals surface area contributed by atoms with Crippen molar-refractivity contribution >= 4 is 19.8 Å². The van der Waals surface area contributed by atoms with E-state index in [0.29, 0.717) is 12.8 Å². The summed E-state index contributed by atoms with van der Waals surface area (Å²) in [6.45, 7) is 3.60. The van der Waals surface area contributed by atoms with E-state index in [4.69, 9.17) is 19.3 Å². The minimum absolute atomic E-state index is 0.201. The molecule has 0 aliphatic heterocycles. The summed E-state index contributed by atoms with van der Waals surface area (Å²) in [5, 5.41) is 0. The Morgan fingerprint density at radius 1 is 0.581 bits per heavy atom. The van der Waals surface area contributed by atoms with E-state index >= 15 is 0 Å². The lowest BCUT2D eigenvalue weighted by atomic mass is 10.1. The third-order valence-electron chi connectivity index (χ3n) is 7.19. The van der Waals surface area contributed by atoms with Gasteiger partial charge >= 0.3 is 19.8 Å². The third-order valence-corrected chi connectivity index (χ3v) is 7.68. The third kappa shape index (κ3) is 33.3. The molecule has 43 heavy (non-hydrogen) atoms. The lowest BCUT2D eigenvalue weighted by molar-refractivity contribution is -0.161. The highest BCUT2D eigenvalue weighted by molar-refractivity contribution is 7.46. The molecule has 0 bridgehead atoms. The monoisotopic (exact) mass is 630 g/mol. The van der Waals surface area contributed by atoms with Gasteiger partial charge in [0.1, 0.15) is 6.61 Å². The average Bonchev–Trinajstić information content (AvgIpc) is 2.97. The van der Waals surface area contributed by atoms with Crippen LogP contribution in [0.4, 0.5) is 0 Å². The van der Waals surface area contributed by atoms with Gasteiger partial charge in [-0.1, -0.05) is 115 Å². The molecule has 0 heterocycles. The van der Waals surface area contributed by atoms with Gasteiger partial charge in [0.15, 0.2) is 6.10 Å². The van der Waals surface area contributed by atoms with Crippen molar-refractivity contribution in [3.63, 3.8) is 0 Å². The van der Waals surface area contributed by atoms with Crippen LogP contribution >= 0.6 is 7.82 Å². The van der Waals surface area contributed by atoms with Gasteiger partial charge in [-0.15, -0.1) is 0 Å². The maximum absolute atomic E-state index is 12.3. The van der Waals surface area contributed by atoms with Crippen molar-refractivity contribution in [2.45, 2.75) is 168 Å². The number of phosphoric acid groups is 1. The molecule has 8 nitrogen and oxygen atoms in total. The normalized spacial score (nSPS) is 12.7. The van der Waals surface area contributed by atoms with E-state index in [0.717, 1.165) is 70.6 Å².